The molecule has 3 rings (SSSR count). The Bertz CT molecular complexity index is 807. The molecule has 0 radical (unpaired) electrons. The lowest BCUT2D eigenvalue weighted by Crippen LogP contribution is -2.39. The Balaban J connectivity index is 1.46. The topological polar surface area (TPSA) is 68.7 Å². The molecule has 7 heteroatoms. The van der Waals surface area contributed by atoms with Gasteiger partial charge in [0.15, 0.2) is 17.3 Å². The van der Waals surface area contributed by atoms with E-state index < -0.39 is 0 Å². The Morgan fingerprint density at radius 2 is 2.18 bits per heavy atom. The van der Waals surface area contributed by atoms with Crippen molar-refractivity contribution in [2.75, 3.05) is 26.8 Å². The van der Waals surface area contributed by atoms with Crippen LogP contribution in [0.2, 0.25) is 0 Å². The molecule has 2 aromatic rings. The quantitative estimate of drug-likeness (QED) is 0.494. The highest BCUT2D eigenvalue weighted by molar-refractivity contribution is 7.09. The summed E-state index contributed by atoms with van der Waals surface area (Å²) < 4.78 is 11.1. The predicted molar refractivity (Wildman–Crippen MR) is 108 cm³/mol. The number of rotatable bonds is 8. The number of hydrogen-bond donors (Lipinski definition) is 0. The molecule has 6 nitrogen and oxygen atoms in total. The van der Waals surface area contributed by atoms with Gasteiger partial charge in [-0.05, 0) is 44.4 Å². The van der Waals surface area contributed by atoms with Gasteiger partial charge in [0.25, 0.3) is 0 Å². The van der Waals surface area contributed by atoms with Gasteiger partial charge in [0.05, 0.1) is 18.7 Å². The number of ketones is 1. The lowest BCUT2D eigenvalue weighted by molar-refractivity contribution is -0.132. The Kier molecular flexibility index (Phi) is 7.03. The van der Waals surface area contributed by atoms with E-state index in [1.54, 1.807) is 36.6 Å². The number of amides is 1. The Hall–Kier alpha value is -2.41. The Morgan fingerprint density at radius 3 is 2.89 bits per heavy atom. The molecule has 1 unspecified atom stereocenters. The van der Waals surface area contributed by atoms with Gasteiger partial charge in [0.1, 0.15) is 0 Å². The summed E-state index contributed by atoms with van der Waals surface area (Å²) in [7, 11) is 1.55. The van der Waals surface area contributed by atoms with E-state index in [2.05, 4.69) is 4.98 Å². The second kappa shape index (κ2) is 9.68. The zero-order valence-electron chi connectivity index (χ0n) is 16.3. The molecular weight excluding hydrogens is 376 g/mol. The number of hydrogen-bond acceptors (Lipinski definition) is 6. The first-order valence-corrected chi connectivity index (χ1v) is 10.5. The third kappa shape index (κ3) is 5.10. The van der Waals surface area contributed by atoms with Gasteiger partial charge in [0, 0.05) is 42.6 Å². The summed E-state index contributed by atoms with van der Waals surface area (Å²) in [6.45, 7) is 3.52. The van der Waals surface area contributed by atoms with Gasteiger partial charge in [-0.2, -0.15) is 0 Å². The molecule has 0 N–H and O–H groups in total. The summed E-state index contributed by atoms with van der Waals surface area (Å²) in [4.78, 5) is 30.4. The van der Waals surface area contributed by atoms with Gasteiger partial charge in [-0.15, -0.1) is 11.3 Å². The highest BCUT2D eigenvalue weighted by Crippen LogP contribution is 2.30. The minimum Gasteiger partial charge on any atom is -0.493 e. The van der Waals surface area contributed by atoms with Crippen LogP contribution in [-0.2, 0) is 4.79 Å². The maximum atomic E-state index is 12.6. The van der Waals surface area contributed by atoms with Crippen molar-refractivity contribution >= 4 is 23.0 Å². The van der Waals surface area contributed by atoms with E-state index in [4.69, 9.17) is 9.47 Å². The summed E-state index contributed by atoms with van der Waals surface area (Å²) in [6.07, 6.45) is 5.03. The number of carbonyl (C=O) groups excluding carboxylic acids is 2. The van der Waals surface area contributed by atoms with E-state index in [1.165, 1.54) is 6.92 Å². The number of Topliss-reactive ketones (excluding diaryl/α,β-unsaturated/α-hetero) is 1. The van der Waals surface area contributed by atoms with Gasteiger partial charge in [-0.3, -0.25) is 9.59 Å². The molecule has 1 fully saturated rings. The van der Waals surface area contributed by atoms with Crippen LogP contribution in [-0.4, -0.2) is 48.4 Å². The third-order valence-electron chi connectivity index (χ3n) is 4.94. The fraction of sp³-hybridized carbons (Fsp3) is 0.476. The van der Waals surface area contributed by atoms with Crippen LogP contribution in [0, 0.1) is 0 Å². The van der Waals surface area contributed by atoms with Crippen molar-refractivity contribution < 1.29 is 19.1 Å². The van der Waals surface area contributed by atoms with Crippen LogP contribution in [0.5, 0.6) is 11.5 Å². The molecule has 2 heterocycles. The average molecular weight is 403 g/mol. The summed E-state index contributed by atoms with van der Waals surface area (Å²) in [5, 5.41) is 3.12. The van der Waals surface area contributed by atoms with Gasteiger partial charge >= 0.3 is 0 Å². The van der Waals surface area contributed by atoms with E-state index in [0.717, 1.165) is 30.9 Å². The number of nitrogens with zero attached hydrogens (tertiary/aromatic N) is 2. The molecule has 1 saturated heterocycles. The van der Waals surface area contributed by atoms with Crippen LogP contribution >= 0.6 is 11.3 Å². The predicted octanol–water partition coefficient (Wildman–Crippen LogP) is 3.92. The summed E-state index contributed by atoms with van der Waals surface area (Å²) in [5.41, 5.74) is 0.583. The van der Waals surface area contributed by atoms with Gasteiger partial charge in [-0.25, -0.2) is 4.98 Å². The first kappa shape index (κ1) is 20.3. The number of carbonyl (C=O) groups is 2. The largest absolute Gasteiger partial charge is 0.493 e. The van der Waals surface area contributed by atoms with Crippen molar-refractivity contribution in [2.24, 2.45) is 0 Å². The molecule has 150 valence electrons. The molecule has 0 spiro atoms. The van der Waals surface area contributed by atoms with Crippen LogP contribution in [0.4, 0.5) is 0 Å². The Morgan fingerprint density at radius 1 is 1.32 bits per heavy atom. The summed E-state index contributed by atoms with van der Waals surface area (Å²) in [5.74, 6) is 1.62. The van der Waals surface area contributed by atoms with Crippen LogP contribution in [0.15, 0.2) is 29.8 Å². The molecule has 1 aromatic carbocycles. The smallest absolute Gasteiger partial charge is 0.222 e. The van der Waals surface area contributed by atoms with Crippen molar-refractivity contribution in [3.8, 4) is 11.5 Å². The normalized spacial score (nSPS) is 16.6. The van der Waals surface area contributed by atoms with E-state index in [-0.39, 0.29) is 11.7 Å². The van der Waals surface area contributed by atoms with E-state index in [9.17, 15) is 9.59 Å². The zero-order valence-corrected chi connectivity index (χ0v) is 17.2. The molecule has 1 aliphatic rings. The van der Waals surface area contributed by atoms with Crippen molar-refractivity contribution in [2.45, 2.75) is 38.5 Å². The standard InChI is InChI=1S/C21H26N2O4S/c1-15(24)16-7-8-18(19(13-16)26-2)27-11-4-6-20(25)23-10-3-5-17(14-23)21-22-9-12-28-21/h7-9,12-13,17H,3-6,10-11,14H2,1-2H3. The highest BCUT2D eigenvalue weighted by Gasteiger charge is 2.25. The highest BCUT2D eigenvalue weighted by atomic mass is 32.1. The first-order chi connectivity index (χ1) is 13.6. The van der Waals surface area contributed by atoms with Crippen molar-refractivity contribution in [1.29, 1.82) is 0 Å². The lowest BCUT2D eigenvalue weighted by atomic mass is 9.98. The van der Waals surface area contributed by atoms with E-state index >= 15 is 0 Å². The second-order valence-electron chi connectivity index (χ2n) is 6.92. The number of aromatic nitrogens is 1. The zero-order chi connectivity index (χ0) is 19.9. The molecule has 1 amide bonds. The molecule has 1 aliphatic heterocycles. The van der Waals surface area contributed by atoms with Crippen molar-refractivity contribution in [3.63, 3.8) is 0 Å². The van der Waals surface area contributed by atoms with Crippen LogP contribution in [0.3, 0.4) is 0 Å². The molecule has 0 saturated carbocycles. The molecule has 1 atom stereocenters. The summed E-state index contributed by atoms with van der Waals surface area (Å²) >= 11 is 1.67. The number of likely N-dealkylation sites (tertiary alicyclic amines) is 1. The first-order valence-electron chi connectivity index (χ1n) is 9.57. The summed E-state index contributed by atoms with van der Waals surface area (Å²) in [6, 6.07) is 5.13. The fourth-order valence-corrected chi connectivity index (χ4v) is 4.18. The number of thiazole rings is 1. The SMILES string of the molecule is COc1cc(C(C)=O)ccc1OCCCC(=O)N1CCCC(c2nccs2)C1. The molecular formula is C21H26N2O4S. The monoisotopic (exact) mass is 402 g/mol. The molecule has 1 aromatic heterocycles. The number of methoxy groups -OCH3 is 1. The van der Waals surface area contributed by atoms with Crippen molar-refractivity contribution in [3.05, 3.63) is 40.3 Å². The molecule has 0 aliphatic carbocycles. The fourth-order valence-electron chi connectivity index (χ4n) is 3.41. The number of piperidine rings is 1. The third-order valence-corrected chi connectivity index (χ3v) is 5.88. The second-order valence-corrected chi connectivity index (χ2v) is 7.85. The molecule has 28 heavy (non-hydrogen) atoms. The van der Waals surface area contributed by atoms with Gasteiger partial charge in [0.2, 0.25) is 5.91 Å². The van der Waals surface area contributed by atoms with E-state index in [0.29, 0.717) is 42.4 Å². The maximum Gasteiger partial charge on any atom is 0.222 e. The van der Waals surface area contributed by atoms with Crippen LogP contribution < -0.4 is 9.47 Å². The lowest BCUT2D eigenvalue weighted by Gasteiger charge is -2.32. The Labute approximate surface area is 169 Å². The minimum atomic E-state index is -0.0203. The van der Waals surface area contributed by atoms with Crippen LogP contribution in [0.1, 0.15) is 53.9 Å². The number of ether oxygens (including phenoxy) is 2. The van der Waals surface area contributed by atoms with Crippen molar-refractivity contribution in [1.82, 2.24) is 9.88 Å². The van der Waals surface area contributed by atoms with Gasteiger partial charge < -0.3 is 14.4 Å². The molecule has 0 bridgehead atoms. The maximum absolute atomic E-state index is 12.6. The van der Waals surface area contributed by atoms with E-state index in [1.807, 2.05) is 16.5 Å². The van der Waals surface area contributed by atoms with Gasteiger partial charge in [-0.1, -0.05) is 0 Å². The average Bonchev–Trinajstić information content (AvgIpc) is 3.26. The minimum absolute atomic E-state index is 0.0203. The number of benzene rings is 1. The van der Waals surface area contributed by atoms with Crippen LogP contribution in [0.25, 0.3) is 0 Å².